The molecule has 3 atom stereocenters. The van der Waals surface area contributed by atoms with Gasteiger partial charge in [-0.15, -0.1) is 0 Å². The Hall–Kier alpha value is -1.69. The second-order valence-electron chi connectivity index (χ2n) is 7.40. The molecule has 0 spiro atoms. The number of anilines is 1. The summed E-state index contributed by atoms with van der Waals surface area (Å²) >= 11 is 0. The van der Waals surface area contributed by atoms with Crippen LogP contribution in [0.1, 0.15) is 44.6 Å². The van der Waals surface area contributed by atoms with Crippen LogP contribution in [0, 0.1) is 11.3 Å². The van der Waals surface area contributed by atoms with Crippen molar-refractivity contribution in [2.45, 2.75) is 50.6 Å². The van der Waals surface area contributed by atoms with E-state index >= 15 is 0 Å². The molecule has 0 aromatic carbocycles. The van der Waals surface area contributed by atoms with Crippen molar-refractivity contribution in [3.05, 3.63) is 12.7 Å². The molecule has 0 aliphatic heterocycles. The van der Waals surface area contributed by atoms with Crippen LogP contribution in [0.25, 0.3) is 11.2 Å². The number of aliphatic hydroxyl groups is 1. The largest absolute Gasteiger partial charge is 0.396 e. The number of imidazole rings is 1. The molecule has 2 N–H and O–H groups in total. The van der Waals surface area contributed by atoms with E-state index in [-0.39, 0.29) is 5.41 Å². The molecular formula is C16H21N5O. The van der Waals surface area contributed by atoms with Crippen LogP contribution in [-0.2, 0) is 0 Å². The number of rotatable bonds is 4. The predicted octanol–water partition coefficient (Wildman–Crippen LogP) is 2.12. The van der Waals surface area contributed by atoms with E-state index in [1.807, 2.05) is 6.33 Å². The van der Waals surface area contributed by atoms with Gasteiger partial charge in [-0.3, -0.25) is 0 Å². The highest BCUT2D eigenvalue weighted by atomic mass is 16.3. The summed E-state index contributed by atoms with van der Waals surface area (Å²) in [5.41, 5.74) is 1.97. The summed E-state index contributed by atoms with van der Waals surface area (Å²) in [5, 5.41) is 13.2. The van der Waals surface area contributed by atoms with Gasteiger partial charge in [0.1, 0.15) is 11.8 Å². The lowest BCUT2D eigenvalue weighted by Crippen LogP contribution is -2.23. The molecule has 3 fully saturated rings. The van der Waals surface area contributed by atoms with Crippen LogP contribution in [0.5, 0.6) is 0 Å². The number of aliphatic hydroxyl groups excluding tert-OH is 1. The van der Waals surface area contributed by atoms with Crippen molar-refractivity contribution in [3.8, 4) is 0 Å². The molecule has 2 aromatic heterocycles. The average Bonchev–Trinajstić information content (AvgIpc) is 3.01. The van der Waals surface area contributed by atoms with Crippen LogP contribution in [0.15, 0.2) is 12.7 Å². The normalized spacial score (nSPS) is 33.7. The SMILES string of the molecule is OC[C@]12CC[C@H](C1)[C@H](n1cnc3c(NC4CC4)ncnc31)C2. The van der Waals surface area contributed by atoms with Gasteiger partial charge >= 0.3 is 0 Å². The summed E-state index contributed by atoms with van der Waals surface area (Å²) in [6.45, 7) is 0.316. The van der Waals surface area contributed by atoms with Gasteiger partial charge in [-0.25, -0.2) is 15.0 Å². The van der Waals surface area contributed by atoms with Crippen molar-refractivity contribution in [2.24, 2.45) is 11.3 Å². The molecular weight excluding hydrogens is 278 g/mol. The maximum Gasteiger partial charge on any atom is 0.165 e. The summed E-state index contributed by atoms with van der Waals surface area (Å²) in [6, 6.07) is 0.984. The fourth-order valence-corrected chi connectivity index (χ4v) is 4.53. The van der Waals surface area contributed by atoms with Gasteiger partial charge in [-0.05, 0) is 49.9 Å². The lowest BCUT2D eigenvalue weighted by atomic mass is 9.83. The quantitative estimate of drug-likeness (QED) is 0.904. The highest BCUT2D eigenvalue weighted by molar-refractivity contribution is 5.83. The van der Waals surface area contributed by atoms with Crippen molar-refractivity contribution >= 4 is 17.0 Å². The molecule has 0 amide bonds. The van der Waals surface area contributed by atoms with Crippen molar-refractivity contribution < 1.29 is 5.11 Å². The van der Waals surface area contributed by atoms with Crippen molar-refractivity contribution in [3.63, 3.8) is 0 Å². The minimum Gasteiger partial charge on any atom is -0.396 e. The Kier molecular flexibility index (Phi) is 2.57. The number of aromatic nitrogens is 4. The fourth-order valence-electron chi connectivity index (χ4n) is 4.53. The first-order valence-corrected chi connectivity index (χ1v) is 8.33. The molecule has 2 aromatic rings. The molecule has 6 heteroatoms. The van der Waals surface area contributed by atoms with Gasteiger partial charge in [0.15, 0.2) is 11.5 Å². The first-order chi connectivity index (χ1) is 10.8. The third-order valence-corrected chi connectivity index (χ3v) is 5.90. The van der Waals surface area contributed by atoms with Crippen LogP contribution in [0.2, 0.25) is 0 Å². The molecule has 0 unspecified atom stereocenters. The van der Waals surface area contributed by atoms with Crippen LogP contribution in [0.4, 0.5) is 5.82 Å². The summed E-state index contributed by atoms with van der Waals surface area (Å²) in [5.74, 6) is 1.52. The second-order valence-corrected chi connectivity index (χ2v) is 7.40. The van der Waals surface area contributed by atoms with Crippen molar-refractivity contribution in [1.82, 2.24) is 19.5 Å². The molecule has 3 aliphatic carbocycles. The molecule has 0 radical (unpaired) electrons. The van der Waals surface area contributed by atoms with Gasteiger partial charge in [0.2, 0.25) is 0 Å². The first-order valence-electron chi connectivity index (χ1n) is 8.33. The zero-order valence-corrected chi connectivity index (χ0v) is 12.6. The zero-order valence-electron chi connectivity index (χ0n) is 12.6. The molecule has 2 heterocycles. The van der Waals surface area contributed by atoms with E-state index in [9.17, 15) is 5.11 Å². The molecule has 2 bridgehead atoms. The van der Waals surface area contributed by atoms with E-state index in [0.717, 1.165) is 29.8 Å². The number of nitrogens with zero attached hydrogens (tertiary/aromatic N) is 4. The second kappa shape index (κ2) is 4.41. The van der Waals surface area contributed by atoms with Crippen molar-refractivity contribution in [2.75, 3.05) is 11.9 Å². The fraction of sp³-hybridized carbons (Fsp3) is 0.688. The summed E-state index contributed by atoms with van der Waals surface area (Å²) in [6.07, 6.45) is 10.6. The molecule has 5 rings (SSSR count). The Morgan fingerprint density at radius 3 is 2.91 bits per heavy atom. The third-order valence-electron chi connectivity index (χ3n) is 5.90. The number of hydrogen-bond acceptors (Lipinski definition) is 5. The van der Waals surface area contributed by atoms with Gasteiger partial charge < -0.3 is 15.0 Å². The number of fused-ring (bicyclic) bond motifs is 3. The van der Waals surface area contributed by atoms with E-state index in [1.54, 1.807) is 6.33 Å². The Labute approximate surface area is 129 Å². The van der Waals surface area contributed by atoms with Crippen LogP contribution >= 0.6 is 0 Å². The maximum absolute atomic E-state index is 9.76. The molecule has 22 heavy (non-hydrogen) atoms. The predicted molar refractivity (Wildman–Crippen MR) is 82.5 cm³/mol. The molecule has 116 valence electrons. The Bertz CT molecular complexity index is 724. The molecule has 3 saturated carbocycles. The number of nitrogens with one attached hydrogen (secondary N) is 1. The third kappa shape index (κ3) is 1.79. The topological polar surface area (TPSA) is 75.9 Å². The Balaban J connectivity index is 1.53. The van der Waals surface area contributed by atoms with Gasteiger partial charge in [0.25, 0.3) is 0 Å². The van der Waals surface area contributed by atoms with Gasteiger partial charge in [0.05, 0.1) is 6.33 Å². The van der Waals surface area contributed by atoms with Gasteiger partial charge in [-0.2, -0.15) is 0 Å². The Morgan fingerprint density at radius 2 is 2.14 bits per heavy atom. The highest BCUT2D eigenvalue weighted by Gasteiger charge is 2.51. The zero-order chi connectivity index (χ0) is 14.7. The number of hydrogen-bond donors (Lipinski definition) is 2. The summed E-state index contributed by atoms with van der Waals surface area (Å²) < 4.78 is 2.23. The lowest BCUT2D eigenvalue weighted by Gasteiger charge is -2.29. The highest BCUT2D eigenvalue weighted by Crippen LogP contribution is 2.58. The molecule has 6 nitrogen and oxygen atoms in total. The van der Waals surface area contributed by atoms with Gasteiger partial charge in [-0.1, -0.05) is 0 Å². The van der Waals surface area contributed by atoms with Gasteiger partial charge in [0, 0.05) is 18.7 Å². The molecule has 3 aliphatic rings. The minimum absolute atomic E-state index is 0.147. The van der Waals surface area contributed by atoms with E-state index in [0.29, 0.717) is 24.6 Å². The summed E-state index contributed by atoms with van der Waals surface area (Å²) in [7, 11) is 0. The van der Waals surface area contributed by atoms with E-state index in [1.165, 1.54) is 25.7 Å². The van der Waals surface area contributed by atoms with Crippen LogP contribution in [0.3, 0.4) is 0 Å². The standard InChI is InChI=1S/C16H21N5O/c22-7-16-4-3-10(5-16)12(6-16)21-9-19-13-14(20-11-1-2-11)17-8-18-15(13)21/h8-12,22H,1-7H2,(H,17,18,20)/t10-,12-,16-/m1/s1. The van der Waals surface area contributed by atoms with Crippen LogP contribution < -0.4 is 5.32 Å². The minimum atomic E-state index is 0.147. The van der Waals surface area contributed by atoms with E-state index in [2.05, 4.69) is 24.8 Å². The summed E-state index contributed by atoms with van der Waals surface area (Å²) in [4.78, 5) is 13.4. The van der Waals surface area contributed by atoms with E-state index in [4.69, 9.17) is 0 Å². The van der Waals surface area contributed by atoms with Crippen molar-refractivity contribution in [1.29, 1.82) is 0 Å². The Morgan fingerprint density at radius 1 is 1.23 bits per heavy atom. The maximum atomic E-state index is 9.76. The average molecular weight is 299 g/mol. The lowest BCUT2D eigenvalue weighted by molar-refractivity contribution is 0.123. The van der Waals surface area contributed by atoms with Crippen LogP contribution in [-0.4, -0.2) is 37.3 Å². The monoisotopic (exact) mass is 299 g/mol. The van der Waals surface area contributed by atoms with E-state index < -0.39 is 0 Å². The molecule has 0 saturated heterocycles. The smallest absolute Gasteiger partial charge is 0.165 e. The first kappa shape index (κ1) is 12.8.